The second-order valence-corrected chi connectivity index (χ2v) is 12.3. The number of sulfonamides is 1. The largest absolute Gasteiger partial charge is 0.489 e. The zero-order valence-corrected chi connectivity index (χ0v) is 24.2. The summed E-state index contributed by atoms with van der Waals surface area (Å²) in [6.07, 6.45) is 4.24. The molecule has 0 radical (unpaired) electrons. The Morgan fingerprint density at radius 1 is 1.00 bits per heavy atom. The number of imide groups is 1. The third-order valence-corrected chi connectivity index (χ3v) is 9.07. The second kappa shape index (κ2) is 11.6. The van der Waals surface area contributed by atoms with Gasteiger partial charge in [0.05, 0.1) is 22.1 Å². The average molecular weight is 599 g/mol. The summed E-state index contributed by atoms with van der Waals surface area (Å²) in [7, 11) is -2.59. The first-order valence-corrected chi connectivity index (χ1v) is 15.4. The quantitative estimate of drug-likeness (QED) is 0.248. The summed E-state index contributed by atoms with van der Waals surface area (Å²) in [5, 5.41) is 13.6. The van der Waals surface area contributed by atoms with Crippen LogP contribution in [0.1, 0.15) is 44.4 Å². The van der Waals surface area contributed by atoms with Gasteiger partial charge in [-0.05, 0) is 78.1 Å². The number of nitrogens with zero attached hydrogens (tertiary/aromatic N) is 2. The van der Waals surface area contributed by atoms with Gasteiger partial charge in [0, 0.05) is 43.8 Å². The smallest absolute Gasteiger partial charge is 0.261 e. The van der Waals surface area contributed by atoms with Crippen LogP contribution in [0.4, 0.5) is 5.69 Å². The number of rotatable bonds is 9. The second-order valence-electron chi connectivity index (χ2n) is 10.6. The van der Waals surface area contributed by atoms with Crippen LogP contribution in [0.3, 0.4) is 0 Å². The van der Waals surface area contributed by atoms with Gasteiger partial charge in [0.2, 0.25) is 0 Å². The van der Waals surface area contributed by atoms with Crippen molar-refractivity contribution in [2.24, 2.45) is 0 Å². The molecule has 220 valence electrons. The van der Waals surface area contributed by atoms with Crippen molar-refractivity contribution in [3.05, 3.63) is 107 Å². The van der Waals surface area contributed by atoms with Crippen LogP contribution >= 0.6 is 0 Å². The number of hydrogen-bond acceptors (Lipinski definition) is 8. The fourth-order valence-electron chi connectivity index (χ4n) is 5.32. The molecule has 10 nitrogen and oxygen atoms in total. The maximum absolute atomic E-state index is 13.3. The Hall–Kier alpha value is -4.58. The van der Waals surface area contributed by atoms with Crippen LogP contribution in [0.25, 0.3) is 11.1 Å². The lowest BCUT2D eigenvalue weighted by Gasteiger charge is -2.27. The number of carbonyl (C=O) groups excluding carboxylic acids is 2. The maximum Gasteiger partial charge on any atom is 0.261 e. The Morgan fingerprint density at radius 2 is 1.81 bits per heavy atom. The number of aryl methyl sites for hydroxylation is 1. The summed E-state index contributed by atoms with van der Waals surface area (Å²) in [5.74, 6) is -0.0987. The number of benzene rings is 3. The first kappa shape index (κ1) is 28.5. The lowest BCUT2D eigenvalue weighted by Crippen LogP contribution is -2.36. The van der Waals surface area contributed by atoms with Gasteiger partial charge in [0.25, 0.3) is 21.8 Å². The number of hydrogen-bond donors (Lipinski definition) is 3. The predicted molar refractivity (Wildman–Crippen MR) is 160 cm³/mol. The molecule has 0 fully saturated rings. The fourth-order valence-corrected chi connectivity index (χ4v) is 6.42. The molecule has 0 aliphatic carbocycles. The van der Waals surface area contributed by atoms with Gasteiger partial charge < -0.3 is 15.2 Å². The Kier molecular flexibility index (Phi) is 7.70. The number of aliphatic hydroxyl groups excluding tert-OH is 1. The minimum absolute atomic E-state index is 0.0352. The molecule has 2 aliphatic rings. The van der Waals surface area contributed by atoms with E-state index in [4.69, 9.17) is 4.74 Å². The Morgan fingerprint density at radius 3 is 2.63 bits per heavy atom. The molecule has 43 heavy (non-hydrogen) atoms. The van der Waals surface area contributed by atoms with Crippen LogP contribution in [0, 0.1) is 0 Å². The van der Waals surface area contributed by atoms with Crippen LogP contribution in [0.5, 0.6) is 5.75 Å². The molecule has 0 spiro atoms. The van der Waals surface area contributed by atoms with Gasteiger partial charge in [-0.15, -0.1) is 0 Å². The summed E-state index contributed by atoms with van der Waals surface area (Å²) in [5.41, 5.74) is 4.00. The van der Waals surface area contributed by atoms with E-state index in [-0.39, 0.29) is 27.8 Å². The van der Waals surface area contributed by atoms with Gasteiger partial charge >= 0.3 is 0 Å². The average Bonchev–Trinajstić information content (AvgIpc) is 3.24. The minimum Gasteiger partial charge on any atom is -0.489 e. The van der Waals surface area contributed by atoms with Crippen molar-refractivity contribution in [1.29, 1.82) is 0 Å². The van der Waals surface area contributed by atoms with E-state index < -0.39 is 27.9 Å². The fraction of sp³-hybridized carbons (Fsp3) is 0.219. The Balaban J connectivity index is 1.11. The zero-order chi connectivity index (χ0) is 30.1. The highest BCUT2D eigenvalue weighted by molar-refractivity contribution is 7.92. The van der Waals surface area contributed by atoms with E-state index in [0.29, 0.717) is 13.1 Å². The number of ether oxygens (including phenoxy) is 1. The topological polar surface area (TPSA) is 138 Å². The molecule has 0 saturated carbocycles. The molecule has 3 heterocycles. The molecule has 4 aromatic rings. The molecule has 2 aliphatic heterocycles. The molecular formula is C32H30N4O6S. The van der Waals surface area contributed by atoms with Gasteiger partial charge in [-0.1, -0.05) is 24.3 Å². The van der Waals surface area contributed by atoms with Crippen LogP contribution in [0.2, 0.25) is 0 Å². The highest BCUT2D eigenvalue weighted by Crippen LogP contribution is 2.33. The minimum atomic E-state index is -3.98. The molecule has 2 atom stereocenters. The summed E-state index contributed by atoms with van der Waals surface area (Å²) in [4.78, 5) is 29.6. The van der Waals surface area contributed by atoms with E-state index in [1.54, 1.807) is 30.6 Å². The molecule has 0 unspecified atom stereocenters. The SMILES string of the molecule is CN1C(=O)c2ccc(NS(=O)(=O)c3cccc(-c4ccc5c(c4)CC[C@H](CNC[C@H](O)c4cccnc4)O5)c3)cc2C1=O. The summed E-state index contributed by atoms with van der Waals surface area (Å²) in [6, 6.07) is 20.4. The van der Waals surface area contributed by atoms with Crippen molar-refractivity contribution < 1.29 is 27.9 Å². The van der Waals surface area contributed by atoms with Crippen LogP contribution in [0.15, 0.2) is 90.1 Å². The summed E-state index contributed by atoms with van der Waals surface area (Å²) in [6.45, 7) is 0.990. The summed E-state index contributed by atoms with van der Waals surface area (Å²) < 4.78 is 35.2. The molecule has 11 heteroatoms. The highest BCUT2D eigenvalue weighted by Gasteiger charge is 2.33. The molecule has 2 amide bonds. The molecule has 6 rings (SSSR count). The van der Waals surface area contributed by atoms with E-state index in [9.17, 15) is 23.1 Å². The van der Waals surface area contributed by atoms with Crippen molar-refractivity contribution in [1.82, 2.24) is 15.2 Å². The van der Waals surface area contributed by atoms with Crippen LogP contribution < -0.4 is 14.8 Å². The number of carbonyl (C=O) groups is 2. The number of anilines is 1. The monoisotopic (exact) mass is 598 g/mol. The first-order valence-electron chi connectivity index (χ1n) is 13.9. The molecule has 1 aromatic heterocycles. The van der Waals surface area contributed by atoms with Crippen LogP contribution in [-0.2, 0) is 16.4 Å². The predicted octanol–water partition coefficient (Wildman–Crippen LogP) is 3.79. The molecule has 3 N–H and O–H groups in total. The van der Waals surface area contributed by atoms with Gasteiger partial charge in [0.15, 0.2) is 0 Å². The molecular weight excluding hydrogens is 568 g/mol. The van der Waals surface area contributed by atoms with Gasteiger partial charge in [-0.2, -0.15) is 0 Å². The highest BCUT2D eigenvalue weighted by atomic mass is 32.2. The third kappa shape index (κ3) is 5.87. The van der Waals surface area contributed by atoms with Gasteiger partial charge in [0.1, 0.15) is 11.9 Å². The van der Waals surface area contributed by atoms with E-state index in [0.717, 1.165) is 45.7 Å². The van der Waals surface area contributed by atoms with E-state index in [2.05, 4.69) is 15.0 Å². The number of aromatic nitrogens is 1. The molecule has 0 saturated heterocycles. The first-order chi connectivity index (χ1) is 20.7. The van der Waals surface area contributed by atoms with Gasteiger partial charge in [-0.25, -0.2) is 8.42 Å². The van der Waals surface area contributed by atoms with Crippen molar-refractivity contribution in [3.63, 3.8) is 0 Å². The van der Waals surface area contributed by atoms with Crippen LogP contribution in [-0.4, -0.2) is 61.5 Å². The van der Waals surface area contributed by atoms with E-state index in [1.807, 2.05) is 30.3 Å². The van der Waals surface area contributed by atoms with E-state index in [1.165, 1.54) is 31.3 Å². The van der Waals surface area contributed by atoms with Crippen molar-refractivity contribution >= 4 is 27.5 Å². The standard InChI is InChI=1S/C32H30N4O6S/c1-36-31(38)27-11-9-24(16-28(27)32(36)39)35-43(40,41)26-6-2-4-20(15-26)21-8-12-30-22(14-21)7-10-25(42-30)18-34-19-29(37)23-5-3-13-33-17-23/h2-6,8-9,11-17,25,29,34-35,37H,7,10,18-19H2,1H3/t25-,29+/m1/s1. The van der Waals surface area contributed by atoms with E-state index >= 15 is 0 Å². The third-order valence-electron chi connectivity index (χ3n) is 7.69. The lowest BCUT2D eigenvalue weighted by atomic mass is 9.97. The maximum atomic E-state index is 13.3. The lowest BCUT2D eigenvalue weighted by molar-refractivity contribution is 0.0693. The zero-order valence-electron chi connectivity index (χ0n) is 23.4. The normalized spacial score (nSPS) is 16.8. The number of aliphatic hydroxyl groups is 1. The molecule has 3 aromatic carbocycles. The molecule has 0 bridgehead atoms. The number of pyridine rings is 1. The number of nitrogens with one attached hydrogen (secondary N) is 2. The van der Waals surface area contributed by atoms with Gasteiger partial charge in [-0.3, -0.25) is 24.2 Å². The Labute approximate surface area is 249 Å². The number of amides is 2. The summed E-state index contributed by atoms with van der Waals surface area (Å²) >= 11 is 0. The Bertz CT molecular complexity index is 1810. The number of fused-ring (bicyclic) bond motifs is 2. The van der Waals surface area contributed by atoms with Crippen molar-refractivity contribution in [2.75, 3.05) is 24.9 Å². The van der Waals surface area contributed by atoms with Crippen molar-refractivity contribution in [3.8, 4) is 16.9 Å². The van der Waals surface area contributed by atoms with Crippen molar-refractivity contribution in [2.45, 2.75) is 29.9 Å².